The minimum absolute atomic E-state index is 0.686. The number of aromatic nitrogens is 1. The Morgan fingerprint density at radius 1 is 1.31 bits per heavy atom. The molecule has 4 heteroatoms. The maximum absolute atomic E-state index is 5.81. The number of fused-ring (bicyclic) bond motifs is 1. The van der Waals surface area contributed by atoms with Crippen LogP contribution >= 0.6 is 31.9 Å². The van der Waals surface area contributed by atoms with Gasteiger partial charge in [-0.1, -0.05) is 6.07 Å². The Morgan fingerprint density at radius 2 is 2.08 bits per heavy atom. The molecule has 1 heterocycles. The van der Waals surface area contributed by atoms with E-state index in [2.05, 4.69) is 36.8 Å². The minimum atomic E-state index is 0.686. The van der Waals surface area contributed by atoms with Gasteiger partial charge in [0.25, 0.3) is 0 Å². The first-order valence-corrected chi connectivity index (χ1v) is 5.27. The molecule has 0 saturated carbocycles. The molecule has 2 aromatic rings. The third-order valence-corrected chi connectivity index (χ3v) is 3.82. The fourth-order valence-corrected chi connectivity index (χ4v) is 2.10. The molecule has 1 aromatic carbocycles. The highest BCUT2D eigenvalue weighted by atomic mass is 79.9. The summed E-state index contributed by atoms with van der Waals surface area (Å²) in [7, 11) is 0. The molecule has 2 rings (SSSR count). The molecule has 0 bridgehead atoms. The number of pyridine rings is 1. The second kappa shape index (κ2) is 3.27. The van der Waals surface area contributed by atoms with Gasteiger partial charge in [0.1, 0.15) is 0 Å². The van der Waals surface area contributed by atoms with Gasteiger partial charge >= 0.3 is 0 Å². The average molecular weight is 302 g/mol. The van der Waals surface area contributed by atoms with Gasteiger partial charge in [0.2, 0.25) is 0 Å². The van der Waals surface area contributed by atoms with Gasteiger partial charge in [0, 0.05) is 20.5 Å². The maximum atomic E-state index is 5.81. The third kappa shape index (κ3) is 1.44. The molecule has 66 valence electrons. The highest BCUT2D eigenvalue weighted by molar-refractivity contribution is 9.13. The fraction of sp³-hybridized carbons (Fsp3) is 0. The summed E-state index contributed by atoms with van der Waals surface area (Å²) in [6.45, 7) is 0. The van der Waals surface area contributed by atoms with E-state index in [9.17, 15) is 0 Å². The van der Waals surface area contributed by atoms with Crippen molar-refractivity contribution >= 4 is 48.5 Å². The molecule has 0 aliphatic heterocycles. The second-order valence-corrected chi connectivity index (χ2v) is 4.31. The van der Waals surface area contributed by atoms with Crippen LogP contribution in [0.25, 0.3) is 10.9 Å². The smallest absolute Gasteiger partial charge is 0.0943 e. The Morgan fingerprint density at radius 3 is 2.85 bits per heavy atom. The number of benzene rings is 1. The largest absolute Gasteiger partial charge is 0.397 e. The monoisotopic (exact) mass is 300 g/mol. The van der Waals surface area contributed by atoms with Crippen LogP contribution in [0.3, 0.4) is 0 Å². The summed E-state index contributed by atoms with van der Waals surface area (Å²) in [4.78, 5) is 4.21. The van der Waals surface area contributed by atoms with Crippen LogP contribution in [0, 0.1) is 0 Å². The van der Waals surface area contributed by atoms with E-state index in [1.807, 2.05) is 18.2 Å². The Kier molecular flexibility index (Phi) is 2.26. The molecule has 2 nitrogen and oxygen atoms in total. The number of hydrogen-bond donors (Lipinski definition) is 1. The summed E-state index contributed by atoms with van der Waals surface area (Å²) >= 11 is 6.88. The predicted molar refractivity (Wildman–Crippen MR) is 61.6 cm³/mol. The molecule has 0 saturated heterocycles. The van der Waals surface area contributed by atoms with Crippen molar-refractivity contribution < 1.29 is 0 Å². The summed E-state index contributed by atoms with van der Waals surface area (Å²) in [5.41, 5.74) is 7.33. The Balaban J connectivity index is 2.97. The number of hydrogen-bond acceptors (Lipinski definition) is 2. The molecule has 0 fully saturated rings. The van der Waals surface area contributed by atoms with Crippen molar-refractivity contribution in [3.63, 3.8) is 0 Å². The van der Waals surface area contributed by atoms with Crippen LogP contribution in [0.4, 0.5) is 5.69 Å². The number of halogens is 2. The molecule has 2 N–H and O–H groups in total. The lowest BCUT2D eigenvalue weighted by Gasteiger charge is -2.04. The summed E-state index contributed by atoms with van der Waals surface area (Å²) in [6.07, 6.45) is 1.74. The van der Waals surface area contributed by atoms with E-state index in [1.165, 1.54) is 0 Å². The van der Waals surface area contributed by atoms with Crippen LogP contribution in [-0.4, -0.2) is 4.98 Å². The van der Waals surface area contributed by atoms with E-state index in [-0.39, 0.29) is 0 Å². The van der Waals surface area contributed by atoms with Crippen molar-refractivity contribution in [3.05, 3.63) is 33.3 Å². The van der Waals surface area contributed by atoms with Crippen molar-refractivity contribution in [2.75, 3.05) is 5.73 Å². The lowest BCUT2D eigenvalue weighted by Crippen LogP contribution is -1.90. The zero-order valence-corrected chi connectivity index (χ0v) is 9.76. The molecule has 0 amide bonds. The molecular weight excluding hydrogens is 296 g/mol. The van der Waals surface area contributed by atoms with Gasteiger partial charge < -0.3 is 5.73 Å². The molecule has 13 heavy (non-hydrogen) atoms. The fourth-order valence-electron chi connectivity index (χ4n) is 1.21. The van der Waals surface area contributed by atoms with Gasteiger partial charge in [-0.05, 0) is 44.0 Å². The van der Waals surface area contributed by atoms with Crippen LogP contribution in [-0.2, 0) is 0 Å². The van der Waals surface area contributed by atoms with E-state index in [1.54, 1.807) is 6.20 Å². The lowest BCUT2D eigenvalue weighted by molar-refractivity contribution is 1.40. The van der Waals surface area contributed by atoms with Gasteiger partial charge in [-0.25, -0.2) is 0 Å². The summed E-state index contributed by atoms with van der Waals surface area (Å²) in [5.74, 6) is 0. The Labute approximate surface area is 92.4 Å². The topological polar surface area (TPSA) is 38.9 Å². The van der Waals surface area contributed by atoms with Crippen LogP contribution in [0.15, 0.2) is 33.3 Å². The van der Waals surface area contributed by atoms with Gasteiger partial charge in [-0.2, -0.15) is 0 Å². The molecule has 0 atom stereocenters. The second-order valence-electron chi connectivity index (χ2n) is 2.66. The Hall–Kier alpha value is -0.610. The number of nitrogens with two attached hydrogens (primary N) is 1. The summed E-state index contributed by atoms with van der Waals surface area (Å²) in [5, 5.41) is 1.02. The zero-order chi connectivity index (χ0) is 9.42. The van der Waals surface area contributed by atoms with Crippen molar-refractivity contribution in [2.45, 2.75) is 0 Å². The van der Waals surface area contributed by atoms with Crippen LogP contribution in [0.5, 0.6) is 0 Å². The first-order valence-electron chi connectivity index (χ1n) is 3.68. The van der Waals surface area contributed by atoms with E-state index >= 15 is 0 Å². The van der Waals surface area contributed by atoms with Crippen LogP contribution in [0.2, 0.25) is 0 Å². The summed E-state index contributed by atoms with van der Waals surface area (Å²) < 4.78 is 1.94. The zero-order valence-electron chi connectivity index (χ0n) is 6.59. The van der Waals surface area contributed by atoms with Gasteiger partial charge in [-0.15, -0.1) is 0 Å². The molecule has 0 radical (unpaired) electrons. The molecule has 0 aliphatic carbocycles. The quantitative estimate of drug-likeness (QED) is 0.758. The van der Waals surface area contributed by atoms with Gasteiger partial charge in [0.15, 0.2) is 0 Å². The van der Waals surface area contributed by atoms with Crippen molar-refractivity contribution in [1.29, 1.82) is 0 Å². The minimum Gasteiger partial charge on any atom is -0.397 e. The van der Waals surface area contributed by atoms with Crippen LogP contribution < -0.4 is 5.73 Å². The highest BCUT2D eigenvalue weighted by Crippen LogP contribution is 2.33. The standard InChI is InChI=1S/C9H6Br2N2/c10-6-4-7(12)9-5(8(6)11)2-1-3-13-9/h1-4H,12H2. The highest BCUT2D eigenvalue weighted by Gasteiger charge is 2.06. The SMILES string of the molecule is Nc1cc(Br)c(Br)c2cccnc12. The number of nitrogen functional groups attached to an aromatic ring is 1. The van der Waals surface area contributed by atoms with Gasteiger partial charge in [0.05, 0.1) is 11.2 Å². The van der Waals surface area contributed by atoms with E-state index in [4.69, 9.17) is 5.73 Å². The number of rotatable bonds is 0. The van der Waals surface area contributed by atoms with Crippen molar-refractivity contribution in [2.24, 2.45) is 0 Å². The van der Waals surface area contributed by atoms with E-state index < -0.39 is 0 Å². The first kappa shape index (κ1) is 8.97. The molecule has 0 aliphatic rings. The van der Waals surface area contributed by atoms with Gasteiger partial charge in [-0.3, -0.25) is 4.98 Å². The van der Waals surface area contributed by atoms with Crippen molar-refractivity contribution in [1.82, 2.24) is 4.98 Å². The first-order chi connectivity index (χ1) is 6.20. The van der Waals surface area contributed by atoms with Crippen LogP contribution in [0.1, 0.15) is 0 Å². The molecule has 1 aromatic heterocycles. The number of anilines is 1. The van der Waals surface area contributed by atoms with E-state index in [0.717, 1.165) is 19.8 Å². The molecular formula is C9H6Br2N2. The number of nitrogens with zero attached hydrogens (tertiary/aromatic N) is 1. The lowest BCUT2D eigenvalue weighted by atomic mass is 10.2. The maximum Gasteiger partial charge on any atom is 0.0943 e. The predicted octanol–water partition coefficient (Wildman–Crippen LogP) is 3.34. The van der Waals surface area contributed by atoms with E-state index in [0.29, 0.717) is 5.69 Å². The summed E-state index contributed by atoms with van der Waals surface area (Å²) in [6, 6.07) is 5.71. The molecule has 0 unspecified atom stereocenters. The molecule has 0 spiro atoms. The third-order valence-electron chi connectivity index (χ3n) is 1.81. The normalized spacial score (nSPS) is 10.6. The average Bonchev–Trinajstić information content (AvgIpc) is 2.15. The Bertz CT molecular complexity index is 468. The van der Waals surface area contributed by atoms with Crippen molar-refractivity contribution in [3.8, 4) is 0 Å².